The van der Waals surface area contributed by atoms with Crippen molar-refractivity contribution in [2.45, 2.75) is 32.9 Å². The normalized spacial score (nSPS) is 15.0. The highest BCUT2D eigenvalue weighted by Gasteiger charge is 2.32. The highest BCUT2D eigenvalue weighted by molar-refractivity contribution is 7.07. The molecule has 0 saturated carbocycles. The molecule has 1 aromatic heterocycles. The molecule has 4 aromatic rings. The summed E-state index contributed by atoms with van der Waals surface area (Å²) in [6.45, 7) is 5.50. The van der Waals surface area contributed by atoms with E-state index in [-0.39, 0.29) is 11.7 Å². The second kappa shape index (κ2) is 11.7. The number of allylic oxidation sites excluding steroid dienone is 1. The minimum absolute atomic E-state index is 0.112. The van der Waals surface area contributed by atoms with Crippen molar-refractivity contribution in [1.82, 2.24) is 4.57 Å². The predicted molar refractivity (Wildman–Crippen MR) is 159 cm³/mol. The summed E-state index contributed by atoms with van der Waals surface area (Å²) in [4.78, 5) is 32.6. The number of rotatable bonds is 7. The number of fused-ring (bicyclic) bond motifs is 1. The lowest BCUT2D eigenvalue weighted by atomic mass is 9.95. The molecule has 0 aliphatic carbocycles. The van der Waals surface area contributed by atoms with Crippen LogP contribution in [0.1, 0.15) is 37.9 Å². The van der Waals surface area contributed by atoms with Gasteiger partial charge in [0.05, 0.1) is 40.1 Å². The molecule has 0 radical (unpaired) electrons. The third-order valence-electron chi connectivity index (χ3n) is 6.39. The SMILES string of the molecule is COc1cc(/C=c2\sc3n(c2=O)[C@H](c2ccc(F)cc2)C(C(=O)Nc2ccccc2)=C(C)N=3)cc(Cl)c1OC(C)C. The third-order valence-corrected chi connectivity index (χ3v) is 7.65. The Hall–Kier alpha value is -4.21. The fourth-order valence-corrected chi connectivity index (χ4v) is 5.93. The molecule has 0 unspecified atom stereocenters. The molecular weight excluding hydrogens is 565 g/mol. The van der Waals surface area contributed by atoms with Gasteiger partial charge >= 0.3 is 0 Å². The average molecular weight is 592 g/mol. The van der Waals surface area contributed by atoms with Gasteiger partial charge < -0.3 is 14.8 Å². The highest BCUT2D eigenvalue weighted by Crippen LogP contribution is 2.37. The topological polar surface area (TPSA) is 81.9 Å². The smallest absolute Gasteiger partial charge is 0.271 e. The first-order valence-corrected chi connectivity index (χ1v) is 14.0. The van der Waals surface area contributed by atoms with Crippen LogP contribution in [0.15, 0.2) is 87.8 Å². The van der Waals surface area contributed by atoms with E-state index in [9.17, 15) is 14.0 Å². The van der Waals surface area contributed by atoms with Crippen molar-refractivity contribution < 1.29 is 18.7 Å². The van der Waals surface area contributed by atoms with E-state index in [1.165, 1.54) is 35.1 Å². The molecular formula is C31H27ClFN3O4S. The molecule has 1 atom stereocenters. The maximum atomic E-state index is 13.9. The first kappa shape index (κ1) is 28.3. The van der Waals surface area contributed by atoms with Crippen LogP contribution in [0.3, 0.4) is 0 Å². The number of carbonyl (C=O) groups is 1. The van der Waals surface area contributed by atoms with Crippen molar-refractivity contribution in [2.75, 3.05) is 12.4 Å². The van der Waals surface area contributed by atoms with Crippen LogP contribution in [0.4, 0.5) is 10.1 Å². The molecule has 1 aliphatic heterocycles. The zero-order chi connectivity index (χ0) is 29.3. The fourth-order valence-electron chi connectivity index (χ4n) is 4.62. The van der Waals surface area contributed by atoms with Crippen molar-refractivity contribution >= 4 is 40.6 Å². The number of hydrogen-bond donors (Lipinski definition) is 1. The number of halogens is 2. The van der Waals surface area contributed by atoms with Gasteiger partial charge in [0.25, 0.3) is 11.5 Å². The molecule has 1 N–H and O–H groups in total. The number of thiazole rings is 1. The lowest BCUT2D eigenvalue weighted by molar-refractivity contribution is -0.113. The van der Waals surface area contributed by atoms with Crippen molar-refractivity contribution in [3.05, 3.63) is 120 Å². The van der Waals surface area contributed by atoms with Crippen LogP contribution in [-0.2, 0) is 4.79 Å². The molecule has 1 amide bonds. The summed E-state index contributed by atoms with van der Waals surface area (Å²) in [5.41, 5.74) is 2.21. The molecule has 0 spiro atoms. The zero-order valence-electron chi connectivity index (χ0n) is 22.8. The summed E-state index contributed by atoms with van der Waals surface area (Å²) >= 11 is 7.70. The number of para-hydroxylation sites is 1. The summed E-state index contributed by atoms with van der Waals surface area (Å²) < 4.78 is 27.0. The van der Waals surface area contributed by atoms with Gasteiger partial charge in [-0.15, -0.1) is 0 Å². The molecule has 10 heteroatoms. The molecule has 0 fully saturated rings. The standard InChI is InChI=1S/C31H27ClFN3O4S/c1-17(2)40-28-23(32)14-19(15-24(28)39-4)16-25-30(38)36-27(20-10-12-21(33)13-11-20)26(18(3)34-31(36)41-25)29(37)35-22-8-6-5-7-9-22/h5-17,27H,1-4H3,(H,35,37)/b25-16-/t27-/m1/s1. The quantitative estimate of drug-likeness (QED) is 0.309. The van der Waals surface area contributed by atoms with Gasteiger partial charge in [-0.25, -0.2) is 9.38 Å². The Labute approximate surface area is 244 Å². The largest absolute Gasteiger partial charge is 0.493 e. The fraction of sp³-hybridized carbons (Fsp3) is 0.194. The van der Waals surface area contributed by atoms with Crippen LogP contribution in [0.2, 0.25) is 5.02 Å². The van der Waals surface area contributed by atoms with E-state index in [1.807, 2.05) is 32.0 Å². The number of methoxy groups -OCH3 is 1. The molecule has 0 bridgehead atoms. The number of ether oxygens (including phenoxy) is 2. The van der Waals surface area contributed by atoms with Gasteiger partial charge in [-0.1, -0.05) is 53.3 Å². The molecule has 0 saturated heterocycles. The summed E-state index contributed by atoms with van der Waals surface area (Å²) in [7, 11) is 1.52. The average Bonchev–Trinajstić information content (AvgIpc) is 3.24. The third kappa shape index (κ3) is 5.82. The molecule has 5 rings (SSSR count). The molecule has 3 aromatic carbocycles. The van der Waals surface area contributed by atoms with Crippen molar-refractivity contribution in [3.8, 4) is 11.5 Å². The highest BCUT2D eigenvalue weighted by atomic mass is 35.5. The molecule has 210 valence electrons. The Morgan fingerprint density at radius 2 is 1.85 bits per heavy atom. The number of nitrogens with zero attached hydrogens (tertiary/aromatic N) is 2. The number of hydrogen-bond acceptors (Lipinski definition) is 6. The lowest BCUT2D eigenvalue weighted by Crippen LogP contribution is -2.40. The van der Waals surface area contributed by atoms with Crippen LogP contribution >= 0.6 is 22.9 Å². The Morgan fingerprint density at radius 3 is 2.51 bits per heavy atom. The molecule has 41 heavy (non-hydrogen) atoms. The molecule has 1 aliphatic rings. The number of aromatic nitrogens is 1. The summed E-state index contributed by atoms with van der Waals surface area (Å²) in [6.07, 6.45) is 1.58. The molecule has 7 nitrogen and oxygen atoms in total. The van der Waals surface area contributed by atoms with Crippen LogP contribution in [0.5, 0.6) is 11.5 Å². The van der Waals surface area contributed by atoms with E-state index < -0.39 is 17.8 Å². The van der Waals surface area contributed by atoms with E-state index in [0.29, 0.717) is 53.9 Å². The van der Waals surface area contributed by atoms with E-state index in [2.05, 4.69) is 10.3 Å². The van der Waals surface area contributed by atoms with Gasteiger partial charge in [0.2, 0.25) is 0 Å². The van der Waals surface area contributed by atoms with Crippen molar-refractivity contribution in [2.24, 2.45) is 4.99 Å². The van der Waals surface area contributed by atoms with Gasteiger partial charge in [0.1, 0.15) is 5.82 Å². The van der Waals surface area contributed by atoms with Crippen molar-refractivity contribution in [1.29, 1.82) is 0 Å². The number of amides is 1. The van der Waals surface area contributed by atoms with Gasteiger partial charge in [0, 0.05) is 5.69 Å². The maximum Gasteiger partial charge on any atom is 0.271 e. The number of nitrogens with one attached hydrogen (secondary N) is 1. The lowest BCUT2D eigenvalue weighted by Gasteiger charge is -2.25. The van der Waals surface area contributed by atoms with E-state index in [0.717, 1.165) is 0 Å². The van der Waals surface area contributed by atoms with Crippen molar-refractivity contribution in [3.63, 3.8) is 0 Å². The second-order valence-electron chi connectivity index (χ2n) is 9.65. The predicted octanol–water partition coefficient (Wildman–Crippen LogP) is 5.46. The Bertz CT molecular complexity index is 1830. The number of benzene rings is 3. The number of carbonyl (C=O) groups excluding carboxylic acids is 1. The summed E-state index contributed by atoms with van der Waals surface area (Å²) in [6, 6.07) is 17.4. The van der Waals surface area contributed by atoms with Gasteiger partial charge in [-0.2, -0.15) is 0 Å². The summed E-state index contributed by atoms with van der Waals surface area (Å²) in [5, 5.41) is 3.24. The van der Waals surface area contributed by atoms with Gasteiger partial charge in [0.15, 0.2) is 16.3 Å². The Balaban J connectivity index is 1.65. The van der Waals surface area contributed by atoms with Crippen LogP contribution < -0.4 is 29.7 Å². The van der Waals surface area contributed by atoms with Gasteiger partial charge in [-0.3, -0.25) is 14.2 Å². The van der Waals surface area contributed by atoms with Crippen LogP contribution in [-0.4, -0.2) is 23.7 Å². The maximum absolute atomic E-state index is 13.9. The molecule has 2 heterocycles. The van der Waals surface area contributed by atoms with E-state index in [1.54, 1.807) is 49.4 Å². The van der Waals surface area contributed by atoms with Gasteiger partial charge in [-0.05, 0) is 74.4 Å². The monoisotopic (exact) mass is 591 g/mol. The minimum Gasteiger partial charge on any atom is -0.493 e. The van der Waals surface area contributed by atoms with E-state index in [4.69, 9.17) is 21.1 Å². The van der Waals surface area contributed by atoms with E-state index >= 15 is 0 Å². The van der Waals surface area contributed by atoms with Crippen LogP contribution in [0, 0.1) is 5.82 Å². The second-order valence-corrected chi connectivity index (χ2v) is 11.1. The Morgan fingerprint density at radius 1 is 1.15 bits per heavy atom. The minimum atomic E-state index is -0.822. The summed E-state index contributed by atoms with van der Waals surface area (Å²) in [5.74, 6) is 0.0279. The number of anilines is 1. The Kier molecular flexibility index (Phi) is 8.10. The zero-order valence-corrected chi connectivity index (χ0v) is 24.3. The van der Waals surface area contributed by atoms with Crippen LogP contribution in [0.25, 0.3) is 6.08 Å². The first-order chi connectivity index (χ1) is 19.7. The first-order valence-electron chi connectivity index (χ1n) is 12.8.